The number of thioether (sulfide) groups is 1. The fourth-order valence-corrected chi connectivity index (χ4v) is 3.15. The number of rotatable bonds is 2. The highest BCUT2D eigenvalue weighted by molar-refractivity contribution is 7.99. The van der Waals surface area contributed by atoms with Gasteiger partial charge in [-0.3, -0.25) is 11.3 Å². The van der Waals surface area contributed by atoms with E-state index >= 15 is 0 Å². The lowest BCUT2D eigenvalue weighted by molar-refractivity contribution is 0.102. The predicted molar refractivity (Wildman–Crippen MR) is 72.1 cm³/mol. The number of hydrogen-bond acceptors (Lipinski definition) is 4. The highest BCUT2D eigenvalue weighted by atomic mass is 32.2. The van der Waals surface area contributed by atoms with Crippen molar-refractivity contribution < 1.29 is 4.74 Å². The molecule has 0 saturated heterocycles. The molecule has 94 valence electrons. The summed E-state index contributed by atoms with van der Waals surface area (Å²) < 4.78 is 6.05. The molecule has 0 fully saturated rings. The van der Waals surface area contributed by atoms with Crippen molar-refractivity contribution in [3.05, 3.63) is 24.3 Å². The quantitative estimate of drug-likeness (QED) is 0.627. The normalized spacial score (nSPS) is 21.5. The Balaban J connectivity index is 2.16. The smallest absolute Gasteiger partial charge is 0.133 e. The van der Waals surface area contributed by atoms with Crippen LogP contribution < -0.4 is 16.0 Å². The van der Waals surface area contributed by atoms with Crippen molar-refractivity contribution >= 4 is 11.8 Å². The third kappa shape index (κ3) is 2.76. The van der Waals surface area contributed by atoms with Crippen LogP contribution in [-0.4, -0.2) is 17.9 Å². The summed E-state index contributed by atoms with van der Waals surface area (Å²) in [4.78, 5) is 1.22. The average molecular weight is 252 g/mol. The van der Waals surface area contributed by atoms with Gasteiger partial charge in [-0.05, 0) is 17.5 Å². The zero-order valence-electron chi connectivity index (χ0n) is 10.6. The van der Waals surface area contributed by atoms with E-state index in [1.54, 1.807) is 0 Å². The molecule has 17 heavy (non-hydrogen) atoms. The van der Waals surface area contributed by atoms with Crippen LogP contribution >= 0.6 is 11.8 Å². The van der Waals surface area contributed by atoms with Gasteiger partial charge in [-0.1, -0.05) is 32.9 Å². The second kappa shape index (κ2) is 4.88. The number of nitrogens with one attached hydrogen (secondary N) is 1. The molecule has 1 aromatic rings. The van der Waals surface area contributed by atoms with Gasteiger partial charge in [-0.25, -0.2) is 0 Å². The molecule has 1 aliphatic rings. The molecule has 3 N–H and O–H groups in total. The third-order valence-electron chi connectivity index (χ3n) is 3.01. The second-order valence-corrected chi connectivity index (χ2v) is 6.49. The van der Waals surface area contributed by atoms with E-state index in [4.69, 9.17) is 10.6 Å². The Morgan fingerprint density at radius 3 is 2.76 bits per heavy atom. The molecule has 0 aromatic heterocycles. The maximum absolute atomic E-state index is 6.05. The van der Waals surface area contributed by atoms with Crippen LogP contribution in [-0.2, 0) is 0 Å². The molecule has 0 saturated carbocycles. The summed E-state index contributed by atoms with van der Waals surface area (Å²) in [5.74, 6) is 7.57. The predicted octanol–water partition coefficient (Wildman–Crippen LogP) is 2.42. The van der Waals surface area contributed by atoms with Gasteiger partial charge in [-0.15, -0.1) is 11.8 Å². The number of nitrogens with two attached hydrogens (primary N) is 1. The van der Waals surface area contributed by atoms with E-state index < -0.39 is 0 Å². The Bertz CT molecular complexity index is 389. The van der Waals surface area contributed by atoms with Gasteiger partial charge in [0.25, 0.3) is 0 Å². The highest BCUT2D eigenvalue weighted by Crippen LogP contribution is 2.37. The van der Waals surface area contributed by atoms with Crippen molar-refractivity contribution in [2.24, 2.45) is 11.3 Å². The number of para-hydroxylation sites is 1. The van der Waals surface area contributed by atoms with Gasteiger partial charge in [0.05, 0.1) is 6.04 Å². The van der Waals surface area contributed by atoms with E-state index in [9.17, 15) is 0 Å². The average Bonchev–Trinajstić information content (AvgIpc) is 2.28. The minimum absolute atomic E-state index is 0.0757. The van der Waals surface area contributed by atoms with Gasteiger partial charge in [0, 0.05) is 10.6 Å². The zero-order valence-corrected chi connectivity index (χ0v) is 11.4. The molecule has 2 atom stereocenters. The van der Waals surface area contributed by atoms with E-state index in [0.29, 0.717) is 0 Å². The van der Waals surface area contributed by atoms with Gasteiger partial charge in [0.1, 0.15) is 11.9 Å². The first kappa shape index (κ1) is 12.7. The van der Waals surface area contributed by atoms with E-state index in [2.05, 4.69) is 32.3 Å². The van der Waals surface area contributed by atoms with Gasteiger partial charge in [-0.2, -0.15) is 0 Å². The van der Waals surface area contributed by atoms with Crippen molar-refractivity contribution in [2.75, 3.05) is 5.75 Å². The van der Waals surface area contributed by atoms with Gasteiger partial charge in [0.15, 0.2) is 0 Å². The summed E-state index contributed by atoms with van der Waals surface area (Å²) >= 11 is 1.84. The molecule has 0 amide bonds. The summed E-state index contributed by atoms with van der Waals surface area (Å²) in [7, 11) is 0. The second-order valence-electron chi connectivity index (χ2n) is 5.42. The molecule has 0 spiro atoms. The summed E-state index contributed by atoms with van der Waals surface area (Å²) in [6, 6.07) is 8.30. The summed E-state index contributed by atoms with van der Waals surface area (Å²) in [5.41, 5.74) is 2.98. The van der Waals surface area contributed by atoms with E-state index in [0.717, 1.165) is 11.5 Å². The molecule has 1 aromatic carbocycles. The number of fused-ring (bicyclic) bond motifs is 1. The van der Waals surface area contributed by atoms with Crippen molar-refractivity contribution in [2.45, 2.75) is 37.8 Å². The molecule has 3 nitrogen and oxygen atoms in total. The minimum atomic E-state index is 0.0757. The molecule has 0 bridgehead atoms. The number of ether oxygens (including phenoxy) is 1. The molecule has 0 aliphatic carbocycles. The summed E-state index contributed by atoms with van der Waals surface area (Å²) in [6.45, 7) is 6.52. The summed E-state index contributed by atoms with van der Waals surface area (Å²) in [6.07, 6.45) is 0.111. The lowest BCUT2D eigenvalue weighted by Crippen LogP contribution is -2.55. The van der Waals surface area contributed by atoms with Crippen LogP contribution in [0.5, 0.6) is 5.75 Å². The van der Waals surface area contributed by atoms with E-state index in [-0.39, 0.29) is 17.6 Å². The lowest BCUT2D eigenvalue weighted by atomic mass is 9.84. The summed E-state index contributed by atoms with van der Waals surface area (Å²) in [5, 5.41) is 0. The monoisotopic (exact) mass is 252 g/mol. The van der Waals surface area contributed by atoms with Crippen molar-refractivity contribution in [3.8, 4) is 5.75 Å². The van der Waals surface area contributed by atoms with Crippen LogP contribution in [0.2, 0.25) is 0 Å². The van der Waals surface area contributed by atoms with E-state index in [1.165, 1.54) is 4.90 Å². The van der Waals surface area contributed by atoms with Crippen molar-refractivity contribution in [1.29, 1.82) is 0 Å². The zero-order chi connectivity index (χ0) is 12.5. The minimum Gasteiger partial charge on any atom is -0.487 e. The largest absolute Gasteiger partial charge is 0.487 e. The number of hydrogen-bond donors (Lipinski definition) is 2. The molecule has 4 heteroatoms. The Morgan fingerprint density at radius 1 is 1.41 bits per heavy atom. The Hall–Kier alpha value is -0.710. The van der Waals surface area contributed by atoms with Gasteiger partial charge in [0.2, 0.25) is 0 Å². The molecule has 2 rings (SSSR count). The van der Waals surface area contributed by atoms with E-state index in [1.807, 2.05) is 30.0 Å². The number of benzene rings is 1. The van der Waals surface area contributed by atoms with Crippen LogP contribution in [0.25, 0.3) is 0 Å². The molecular formula is C13H20N2OS. The Kier molecular flexibility index (Phi) is 3.66. The van der Waals surface area contributed by atoms with Crippen LogP contribution in [0, 0.1) is 5.41 Å². The molecule has 1 aliphatic heterocycles. The fraction of sp³-hybridized carbons (Fsp3) is 0.538. The third-order valence-corrected chi connectivity index (χ3v) is 4.16. The SMILES string of the molecule is CC(C)(C)C(NN)C1CSc2ccccc2O1. The maximum atomic E-state index is 6.05. The van der Waals surface area contributed by atoms with Crippen LogP contribution in [0.3, 0.4) is 0 Å². The van der Waals surface area contributed by atoms with Crippen LogP contribution in [0.1, 0.15) is 20.8 Å². The Labute approximate surface area is 107 Å². The maximum Gasteiger partial charge on any atom is 0.133 e. The topological polar surface area (TPSA) is 47.3 Å². The standard InChI is InChI=1S/C13H20N2OS/c1-13(2,3)12(15-14)10-8-17-11-7-5-4-6-9(11)16-10/h4-7,10,12,15H,8,14H2,1-3H3. The first-order valence-electron chi connectivity index (χ1n) is 5.87. The van der Waals surface area contributed by atoms with Crippen LogP contribution in [0.15, 0.2) is 29.2 Å². The molecular weight excluding hydrogens is 232 g/mol. The van der Waals surface area contributed by atoms with Crippen LogP contribution in [0.4, 0.5) is 0 Å². The van der Waals surface area contributed by atoms with Crippen molar-refractivity contribution in [1.82, 2.24) is 5.43 Å². The fourth-order valence-electron chi connectivity index (χ4n) is 2.12. The van der Waals surface area contributed by atoms with Gasteiger partial charge < -0.3 is 4.74 Å². The van der Waals surface area contributed by atoms with Crippen molar-refractivity contribution in [3.63, 3.8) is 0 Å². The Morgan fingerprint density at radius 2 is 2.12 bits per heavy atom. The lowest BCUT2D eigenvalue weighted by Gasteiger charge is -2.38. The number of hydrazine groups is 1. The van der Waals surface area contributed by atoms with Gasteiger partial charge >= 0.3 is 0 Å². The first-order valence-corrected chi connectivity index (χ1v) is 6.85. The highest BCUT2D eigenvalue weighted by Gasteiger charge is 2.35. The molecule has 0 radical (unpaired) electrons. The first-order chi connectivity index (χ1) is 8.02. The molecule has 2 unspecified atom stereocenters. The molecule has 1 heterocycles.